The molecular formula is C12H14ClN3OS. The van der Waals surface area contributed by atoms with Crippen LogP contribution < -0.4 is 5.56 Å². The molecule has 0 amide bonds. The molecule has 2 heterocycles. The van der Waals surface area contributed by atoms with Crippen LogP contribution in [-0.4, -0.2) is 14.5 Å². The first-order chi connectivity index (χ1) is 8.47. The molecular weight excluding hydrogens is 270 g/mol. The van der Waals surface area contributed by atoms with Crippen LogP contribution in [0.4, 0.5) is 0 Å². The predicted octanol–water partition coefficient (Wildman–Crippen LogP) is 2.83. The van der Waals surface area contributed by atoms with Gasteiger partial charge in [-0.1, -0.05) is 25.4 Å². The summed E-state index contributed by atoms with van der Waals surface area (Å²) in [5.41, 5.74) is 0.745. The van der Waals surface area contributed by atoms with E-state index in [0.29, 0.717) is 12.4 Å². The molecule has 0 aromatic carbocycles. The van der Waals surface area contributed by atoms with E-state index < -0.39 is 0 Å². The summed E-state index contributed by atoms with van der Waals surface area (Å²) in [6.45, 7) is 6.36. The number of nitrogens with zero attached hydrogens (tertiary/aromatic N) is 3. The van der Waals surface area contributed by atoms with E-state index in [9.17, 15) is 4.79 Å². The minimum atomic E-state index is -0.135. The van der Waals surface area contributed by atoms with Crippen LogP contribution in [0, 0.1) is 6.92 Å². The number of rotatable bonds is 3. The number of thiazole rings is 1. The SMILES string of the molecule is Cc1nc(Cn2c(C(C)C)nc(Cl)cc2=O)cs1. The minimum absolute atomic E-state index is 0.135. The van der Waals surface area contributed by atoms with Crippen molar-refractivity contribution in [2.75, 3.05) is 0 Å². The highest BCUT2D eigenvalue weighted by Crippen LogP contribution is 2.15. The first-order valence-corrected chi connectivity index (χ1v) is 6.91. The van der Waals surface area contributed by atoms with E-state index in [0.717, 1.165) is 10.7 Å². The lowest BCUT2D eigenvalue weighted by Crippen LogP contribution is -2.25. The Morgan fingerprint density at radius 3 is 2.72 bits per heavy atom. The molecule has 0 spiro atoms. The molecule has 0 bridgehead atoms. The summed E-state index contributed by atoms with van der Waals surface area (Å²) in [5.74, 6) is 0.828. The fourth-order valence-corrected chi connectivity index (χ4v) is 2.52. The van der Waals surface area contributed by atoms with Crippen molar-refractivity contribution in [3.05, 3.63) is 43.5 Å². The second-order valence-corrected chi connectivity index (χ2v) is 5.82. The lowest BCUT2D eigenvalue weighted by Gasteiger charge is -2.13. The third-order valence-electron chi connectivity index (χ3n) is 2.51. The molecule has 0 saturated carbocycles. The summed E-state index contributed by atoms with van der Waals surface area (Å²) in [7, 11) is 0. The van der Waals surface area contributed by atoms with Gasteiger partial charge in [-0.15, -0.1) is 11.3 Å². The maximum absolute atomic E-state index is 12.0. The van der Waals surface area contributed by atoms with E-state index in [1.54, 1.807) is 15.9 Å². The van der Waals surface area contributed by atoms with E-state index in [1.165, 1.54) is 6.07 Å². The molecule has 0 fully saturated rings. The maximum Gasteiger partial charge on any atom is 0.255 e. The van der Waals surface area contributed by atoms with Crippen LogP contribution in [0.2, 0.25) is 5.15 Å². The monoisotopic (exact) mass is 283 g/mol. The molecule has 0 aliphatic rings. The van der Waals surface area contributed by atoms with Gasteiger partial charge in [0.1, 0.15) is 11.0 Å². The van der Waals surface area contributed by atoms with Gasteiger partial charge >= 0.3 is 0 Å². The lowest BCUT2D eigenvalue weighted by atomic mass is 10.2. The fourth-order valence-electron chi connectivity index (χ4n) is 1.74. The van der Waals surface area contributed by atoms with Crippen LogP contribution in [0.3, 0.4) is 0 Å². The lowest BCUT2D eigenvalue weighted by molar-refractivity contribution is 0.618. The second-order valence-electron chi connectivity index (χ2n) is 4.37. The second kappa shape index (κ2) is 5.20. The third-order valence-corrected chi connectivity index (χ3v) is 3.53. The van der Waals surface area contributed by atoms with E-state index in [2.05, 4.69) is 9.97 Å². The normalized spacial score (nSPS) is 11.2. The van der Waals surface area contributed by atoms with Crippen molar-refractivity contribution in [3.8, 4) is 0 Å². The van der Waals surface area contributed by atoms with Crippen LogP contribution in [0.15, 0.2) is 16.2 Å². The molecule has 0 N–H and O–H groups in total. The summed E-state index contributed by atoms with van der Waals surface area (Å²) in [5, 5.41) is 3.20. The minimum Gasteiger partial charge on any atom is -0.290 e. The van der Waals surface area contributed by atoms with Gasteiger partial charge in [0.2, 0.25) is 0 Å². The molecule has 96 valence electrons. The molecule has 0 radical (unpaired) electrons. The van der Waals surface area contributed by atoms with Gasteiger partial charge in [0, 0.05) is 17.4 Å². The first-order valence-electron chi connectivity index (χ1n) is 5.65. The Morgan fingerprint density at radius 2 is 2.17 bits per heavy atom. The summed E-state index contributed by atoms with van der Waals surface area (Å²) >= 11 is 7.41. The van der Waals surface area contributed by atoms with Gasteiger partial charge in [-0.05, 0) is 6.92 Å². The van der Waals surface area contributed by atoms with Crippen molar-refractivity contribution in [1.82, 2.24) is 14.5 Å². The highest BCUT2D eigenvalue weighted by Gasteiger charge is 2.12. The smallest absolute Gasteiger partial charge is 0.255 e. The largest absolute Gasteiger partial charge is 0.290 e. The predicted molar refractivity (Wildman–Crippen MR) is 73.5 cm³/mol. The van der Waals surface area contributed by atoms with Crippen LogP contribution in [-0.2, 0) is 6.54 Å². The van der Waals surface area contributed by atoms with Gasteiger partial charge in [-0.25, -0.2) is 9.97 Å². The van der Waals surface area contributed by atoms with Gasteiger partial charge in [-0.2, -0.15) is 0 Å². The van der Waals surface area contributed by atoms with Gasteiger partial charge in [0.15, 0.2) is 0 Å². The Morgan fingerprint density at radius 1 is 1.44 bits per heavy atom. The summed E-state index contributed by atoms with van der Waals surface area (Å²) < 4.78 is 1.63. The molecule has 0 saturated heterocycles. The van der Waals surface area contributed by atoms with Crippen molar-refractivity contribution in [2.24, 2.45) is 0 Å². The number of hydrogen-bond acceptors (Lipinski definition) is 4. The summed E-state index contributed by atoms with van der Waals surface area (Å²) in [6, 6.07) is 1.34. The Kier molecular flexibility index (Phi) is 3.82. The van der Waals surface area contributed by atoms with Gasteiger partial charge < -0.3 is 0 Å². The Labute approximate surface area is 114 Å². The van der Waals surface area contributed by atoms with Crippen molar-refractivity contribution in [3.63, 3.8) is 0 Å². The molecule has 6 heteroatoms. The molecule has 2 aromatic heterocycles. The zero-order chi connectivity index (χ0) is 13.3. The van der Waals surface area contributed by atoms with Crippen LogP contribution in [0.1, 0.15) is 36.3 Å². The molecule has 2 aromatic rings. The molecule has 0 unspecified atom stereocenters. The Hall–Kier alpha value is -1.20. The molecule has 4 nitrogen and oxygen atoms in total. The van der Waals surface area contributed by atoms with Gasteiger partial charge in [0.05, 0.1) is 17.2 Å². The van der Waals surface area contributed by atoms with Crippen molar-refractivity contribution < 1.29 is 0 Å². The highest BCUT2D eigenvalue weighted by molar-refractivity contribution is 7.09. The molecule has 0 atom stereocenters. The van der Waals surface area contributed by atoms with E-state index in [4.69, 9.17) is 11.6 Å². The van der Waals surface area contributed by atoms with E-state index >= 15 is 0 Å². The first kappa shape index (κ1) is 13.2. The number of halogens is 1. The zero-order valence-electron chi connectivity index (χ0n) is 10.5. The standard InChI is InChI=1S/C12H14ClN3OS/c1-7(2)12-15-10(13)4-11(17)16(12)5-9-6-18-8(3)14-9/h4,6-7H,5H2,1-3H3. The quantitative estimate of drug-likeness (QED) is 0.814. The number of aromatic nitrogens is 3. The Balaban J connectivity index is 2.46. The Bertz CT molecular complexity index is 618. The molecule has 0 aliphatic carbocycles. The van der Waals surface area contributed by atoms with E-state index in [1.807, 2.05) is 26.2 Å². The highest BCUT2D eigenvalue weighted by atomic mass is 35.5. The van der Waals surface area contributed by atoms with Crippen LogP contribution in [0.5, 0.6) is 0 Å². The molecule has 2 rings (SSSR count). The number of aryl methyl sites for hydroxylation is 1. The zero-order valence-corrected chi connectivity index (χ0v) is 12.0. The van der Waals surface area contributed by atoms with Gasteiger partial charge in [0.25, 0.3) is 5.56 Å². The average molecular weight is 284 g/mol. The van der Waals surface area contributed by atoms with Crippen LogP contribution in [0.25, 0.3) is 0 Å². The summed E-state index contributed by atoms with van der Waals surface area (Å²) in [4.78, 5) is 20.6. The van der Waals surface area contributed by atoms with Crippen molar-refractivity contribution >= 4 is 22.9 Å². The number of hydrogen-bond donors (Lipinski definition) is 0. The van der Waals surface area contributed by atoms with Crippen LogP contribution >= 0.6 is 22.9 Å². The fraction of sp³-hybridized carbons (Fsp3) is 0.417. The third kappa shape index (κ3) is 2.79. The molecule has 0 aliphatic heterocycles. The maximum atomic E-state index is 12.0. The topological polar surface area (TPSA) is 47.8 Å². The van der Waals surface area contributed by atoms with Crippen molar-refractivity contribution in [1.29, 1.82) is 0 Å². The van der Waals surface area contributed by atoms with Gasteiger partial charge in [-0.3, -0.25) is 9.36 Å². The average Bonchev–Trinajstić information content (AvgIpc) is 2.67. The summed E-state index contributed by atoms with van der Waals surface area (Å²) in [6.07, 6.45) is 0. The molecule has 18 heavy (non-hydrogen) atoms. The van der Waals surface area contributed by atoms with Crippen molar-refractivity contribution in [2.45, 2.75) is 33.2 Å². The van der Waals surface area contributed by atoms with E-state index in [-0.39, 0.29) is 16.6 Å².